The van der Waals surface area contributed by atoms with Crippen LogP contribution >= 0.6 is 0 Å². The lowest BCUT2D eigenvalue weighted by Crippen LogP contribution is -2.41. The van der Waals surface area contributed by atoms with Crippen LogP contribution in [-0.4, -0.2) is 24.2 Å². The third-order valence-electron chi connectivity index (χ3n) is 4.17. The fourth-order valence-corrected chi connectivity index (χ4v) is 2.96. The van der Waals surface area contributed by atoms with Crippen LogP contribution in [0.25, 0.3) is 0 Å². The van der Waals surface area contributed by atoms with Crippen molar-refractivity contribution in [2.45, 2.75) is 31.7 Å². The van der Waals surface area contributed by atoms with E-state index in [9.17, 15) is 13.2 Å². The van der Waals surface area contributed by atoms with E-state index in [1.54, 1.807) is 0 Å². The number of rotatable bonds is 4. The van der Waals surface area contributed by atoms with Crippen LogP contribution in [-0.2, 0) is 12.7 Å². The second kappa shape index (κ2) is 7.31. The van der Waals surface area contributed by atoms with E-state index in [0.29, 0.717) is 12.1 Å². The van der Waals surface area contributed by atoms with E-state index in [0.717, 1.165) is 31.1 Å². The molecule has 0 spiro atoms. The average Bonchev–Trinajstić information content (AvgIpc) is 2.61. The van der Waals surface area contributed by atoms with Gasteiger partial charge in [0.1, 0.15) is 11.8 Å². The molecular formula is C18H20F3N3O. The van der Waals surface area contributed by atoms with Gasteiger partial charge in [-0.3, -0.25) is 0 Å². The third-order valence-corrected chi connectivity index (χ3v) is 4.17. The van der Waals surface area contributed by atoms with E-state index in [1.807, 2.05) is 30.3 Å². The molecule has 1 atom stereocenters. The average molecular weight is 351 g/mol. The highest BCUT2D eigenvalue weighted by Crippen LogP contribution is 2.31. The van der Waals surface area contributed by atoms with Crippen molar-refractivity contribution in [3.63, 3.8) is 0 Å². The van der Waals surface area contributed by atoms with Gasteiger partial charge in [-0.1, -0.05) is 18.2 Å². The molecule has 1 aromatic heterocycles. The molecule has 2 heterocycles. The second-order valence-corrected chi connectivity index (χ2v) is 6.06. The van der Waals surface area contributed by atoms with E-state index in [1.165, 1.54) is 6.07 Å². The lowest BCUT2D eigenvalue weighted by Gasteiger charge is -2.34. The van der Waals surface area contributed by atoms with E-state index < -0.39 is 11.9 Å². The minimum atomic E-state index is -4.52. The Kier molecular flexibility index (Phi) is 5.13. The number of nitrogens with zero attached hydrogens (tertiary/aromatic N) is 2. The van der Waals surface area contributed by atoms with Gasteiger partial charge in [0.2, 0.25) is 5.88 Å². The van der Waals surface area contributed by atoms with Crippen molar-refractivity contribution in [1.29, 1.82) is 0 Å². The Morgan fingerprint density at radius 2 is 1.96 bits per heavy atom. The fraction of sp³-hybridized carbons (Fsp3) is 0.389. The standard InChI is InChI=1S/C18H20F3N3O/c19-18(20,21)16-9-13(11-22)10-17(23-16)25-15-7-4-8-24(12-15)14-5-2-1-3-6-14/h1-3,5-6,9-10,15H,4,7-8,11-12,22H2/t15-/m1/s1. The van der Waals surface area contributed by atoms with Crippen molar-refractivity contribution < 1.29 is 17.9 Å². The van der Waals surface area contributed by atoms with Crippen LogP contribution in [0.15, 0.2) is 42.5 Å². The first kappa shape index (κ1) is 17.5. The molecule has 0 unspecified atom stereocenters. The van der Waals surface area contributed by atoms with Crippen LogP contribution in [0.5, 0.6) is 5.88 Å². The molecule has 0 saturated carbocycles. The van der Waals surface area contributed by atoms with Crippen molar-refractivity contribution in [3.05, 3.63) is 53.7 Å². The van der Waals surface area contributed by atoms with Gasteiger partial charge in [0, 0.05) is 24.8 Å². The van der Waals surface area contributed by atoms with E-state index in [-0.39, 0.29) is 18.5 Å². The number of nitrogens with two attached hydrogens (primary N) is 1. The summed E-state index contributed by atoms with van der Waals surface area (Å²) in [5.74, 6) is -0.0183. The second-order valence-electron chi connectivity index (χ2n) is 6.06. The number of hydrogen-bond acceptors (Lipinski definition) is 4. The number of halogens is 3. The number of para-hydroxylation sites is 1. The molecule has 0 radical (unpaired) electrons. The quantitative estimate of drug-likeness (QED) is 0.914. The highest BCUT2D eigenvalue weighted by molar-refractivity contribution is 5.46. The van der Waals surface area contributed by atoms with Crippen molar-refractivity contribution in [2.24, 2.45) is 5.73 Å². The van der Waals surface area contributed by atoms with Gasteiger partial charge in [0.15, 0.2) is 0 Å². The predicted octanol–water partition coefficient (Wildman–Crippen LogP) is 3.61. The molecule has 1 aliphatic rings. The van der Waals surface area contributed by atoms with Gasteiger partial charge in [-0.15, -0.1) is 0 Å². The lowest BCUT2D eigenvalue weighted by atomic mass is 10.1. The summed E-state index contributed by atoms with van der Waals surface area (Å²) in [6.07, 6.45) is -3.05. The van der Waals surface area contributed by atoms with Crippen molar-refractivity contribution in [3.8, 4) is 5.88 Å². The van der Waals surface area contributed by atoms with Crippen LogP contribution < -0.4 is 15.4 Å². The number of alkyl halides is 3. The molecule has 25 heavy (non-hydrogen) atoms. The predicted molar refractivity (Wildman–Crippen MR) is 89.4 cm³/mol. The van der Waals surface area contributed by atoms with Crippen LogP contribution in [0, 0.1) is 0 Å². The molecule has 1 aromatic carbocycles. The molecule has 134 valence electrons. The third kappa shape index (κ3) is 4.42. The van der Waals surface area contributed by atoms with E-state index >= 15 is 0 Å². The maximum Gasteiger partial charge on any atom is 0.433 e. The number of pyridine rings is 1. The zero-order valence-electron chi connectivity index (χ0n) is 13.7. The topological polar surface area (TPSA) is 51.4 Å². The molecule has 1 fully saturated rings. The minimum absolute atomic E-state index is 0.00275. The summed E-state index contributed by atoms with van der Waals surface area (Å²) < 4.78 is 44.7. The van der Waals surface area contributed by atoms with Gasteiger partial charge in [0.05, 0.1) is 6.54 Å². The van der Waals surface area contributed by atoms with Gasteiger partial charge in [-0.25, -0.2) is 4.98 Å². The number of piperidine rings is 1. The molecule has 0 amide bonds. The first-order chi connectivity index (χ1) is 12.0. The Morgan fingerprint density at radius 1 is 1.20 bits per heavy atom. The summed E-state index contributed by atoms with van der Waals surface area (Å²) in [6.45, 7) is 1.51. The Bertz CT molecular complexity index is 706. The van der Waals surface area contributed by atoms with Crippen LogP contribution in [0.1, 0.15) is 24.1 Å². The van der Waals surface area contributed by atoms with Gasteiger partial charge >= 0.3 is 6.18 Å². The first-order valence-corrected chi connectivity index (χ1v) is 8.20. The Morgan fingerprint density at radius 3 is 2.64 bits per heavy atom. The Labute approximate surface area is 144 Å². The normalized spacial score (nSPS) is 18.2. The van der Waals surface area contributed by atoms with Crippen LogP contribution in [0.4, 0.5) is 18.9 Å². The van der Waals surface area contributed by atoms with Gasteiger partial charge in [-0.05, 0) is 36.6 Å². The molecule has 1 saturated heterocycles. The summed E-state index contributed by atoms with van der Waals surface area (Å²) in [5, 5.41) is 0. The van der Waals surface area contributed by atoms with Gasteiger partial charge in [-0.2, -0.15) is 13.2 Å². The van der Waals surface area contributed by atoms with Crippen LogP contribution in [0.2, 0.25) is 0 Å². The number of hydrogen-bond donors (Lipinski definition) is 1. The van der Waals surface area contributed by atoms with Crippen LogP contribution in [0.3, 0.4) is 0 Å². The maximum absolute atomic E-state index is 13.0. The zero-order chi connectivity index (χ0) is 17.9. The van der Waals surface area contributed by atoms with Crippen molar-refractivity contribution in [2.75, 3.05) is 18.0 Å². The zero-order valence-corrected chi connectivity index (χ0v) is 13.7. The summed E-state index contributed by atoms with van der Waals surface area (Å²) in [5.41, 5.74) is 5.97. The molecule has 0 aliphatic carbocycles. The molecule has 2 aromatic rings. The summed E-state index contributed by atoms with van der Waals surface area (Å²) in [4.78, 5) is 5.80. The van der Waals surface area contributed by atoms with Crippen molar-refractivity contribution in [1.82, 2.24) is 4.98 Å². The molecule has 1 aliphatic heterocycles. The highest BCUT2D eigenvalue weighted by Gasteiger charge is 2.33. The molecule has 4 nitrogen and oxygen atoms in total. The molecular weight excluding hydrogens is 331 g/mol. The fourth-order valence-electron chi connectivity index (χ4n) is 2.96. The van der Waals surface area contributed by atoms with Crippen molar-refractivity contribution >= 4 is 5.69 Å². The molecule has 3 rings (SSSR count). The summed E-state index contributed by atoms with van der Waals surface area (Å²) in [6, 6.07) is 12.3. The first-order valence-electron chi connectivity index (χ1n) is 8.20. The molecule has 7 heteroatoms. The minimum Gasteiger partial charge on any atom is -0.472 e. The van der Waals surface area contributed by atoms with E-state index in [4.69, 9.17) is 10.5 Å². The summed E-state index contributed by atoms with van der Waals surface area (Å²) in [7, 11) is 0. The highest BCUT2D eigenvalue weighted by atomic mass is 19.4. The lowest BCUT2D eigenvalue weighted by molar-refractivity contribution is -0.141. The van der Waals surface area contributed by atoms with Gasteiger partial charge in [0.25, 0.3) is 0 Å². The monoisotopic (exact) mass is 351 g/mol. The SMILES string of the molecule is NCc1cc(O[C@@H]2CCCN(c3ccccc3)C2)nc(C(F)(F)F)c1. The number of aromatic nitrogens is 1. The smallest absolute Gasteiger partial charge is 0.433 e. The largest absolute Gasteiger partial charge is 0.472 e. The maximum atomic E-state index is 13.0. The van der Waals surface area contributed by atoms with Gasteiger partial charge < -0.3 is 15.4 Å². The van der Waals surface area contributed by atoms with E-state index in [2.05, 4.69) is 9.88 Å². The Balaban J connectivity index is 1.75. The number of benzene rings is 1. The molecule has 2 N–H and O–H groups in total. The summed E-state index contributed by atoms with van der Waals surface area (Å²) >= 11 is 0. The number of anilines is 1. The Hall–Kier alpha value is -2.28. The number of ether oxygens (including phenoxy) is 1. The molecule has 0 bridgehead atoms.